The van der Waals surface area contributed by atoms with Gasteiger partial charge >= 0.3 is 0 Å². The summed E-state index contributed by atoms with van der Waals surface area (Å²) in [5.41, 5.74) is 0. The maximum absolute atomic E-state index is 11.9. The number of nitrogens with one attached hydrogen (secondary N) is 1. The largest absolute Gasteiger partial charge is 0.481 e. The standard InChI is InChI=1S/C8H11F2N3O2/c1-15-6-2-3-11-8(13-6)12-4-5(14)7(9)10/h2-3,5,7,14H,4H2,1H3,(H,11,12,13). The van der Waals surface area contributed by atoms with Crippen molar-refractivity contribution in [3.63, 3.8) is 0 Å². The van der Waals surface area contributed by atoms with Crippen LogP contribution in [0, 0.1) is 0 Å². The van der Waals surface area contributed by atoms with E-state index in [1.807, 2.05) is 0 Å². The Morgan fingerprint density at radius 1 is 1.60 bits per heavy atom. The van der Waals surface area contributed by atoms with Crippen molar-refractivity contribution in [2.45, 2.75) is 12.5 Å². The summed E-state index contributed by atoms with van der Waals surface area (Å²) >= 11 is 0. The molecule has 0 bridgehead atoms. The van der Waals surface area contributed by atoms with Crippen LogP contribution in [0.4, 0.5) is 14.7 Å². The number of aromatic nitrogens is 2. The number of anilines is 1. The molecule has 0 aliphatic carbocycles. The summed E-state index contributed by atoms with van der Waals surface area (Å²) in [4.78, 5) is 7.58. The minimum Gasteiger partial charge on any atom is -0.481 e. The van der Waals surface area contributed by atoms with Crippen LogP contribution in [-0.2, 0) is 0 Å². The molecule has 0 radical (unpaired) electrons. The van der Waals surface area contributed by atoms with Crippen molar-refractivity contribution in [1.82, 2.24) is 9.97 Å². The zero-order chi connectivity index (χ0) is 11.3. The van der Waals surface area contributed by atoms with E-state index >= 15 is 0 Å². The molecule has 0 aliphatic heterocycles. The molecule has 1 atom stereocenters. The van der Waals surface area contributed by atoms with Crippen molar-refractivity contribution < 1.29 is 18.6 Å². The molecule has 1 rings (SSSR count). The van der Waals surface area contributed by atoms with Gasteiger partial charge in [0.1, 0.15) is 6.10 Å². The molecule has 0 saturated heterocycles. The third-order valence-electron chi connectivity index (χ3n) is 1.60. The third-order valence-corrected chi connectivity index (χ3v) is 1.60. The van der Waals surface area contributed by atoms with Gasteiger partial charge in [-0.2, -0.15) is 4.98 Å². The van der Waals surface area contributed by atoms with E-state index in [0.29, 0.717) is 5.88 Å². The predicted octanol–water partition coefficient (Wildman–Crippen LogP) is 0.523. The highest BCUT2D eigenvalue weighted by atomic mass is 19.3. The van der Waals surface area contributed by atoms with E-state index in [1.165, 1.54) is 19.4 Å². The molecule has 0 fully saturated rings. The second kappa shape index (κ2) is 5.40. The second-order valence-electron chi connectivity index (χ2n) is 2.71. The van der Waals surface area contributed by atoms with Crippen molar-refractivity contribution >= 4 is 5.95 Å². The molecule has 0 aromatic carbocycles. The van der Waals surface area contributed by atoms with Crippen molar-refractivity contribution in [2.75, 3.05) is 19.0 Å². The first-order valence-electron chi connectivity index (χ1n) is 4.20. The van der Waals surface area contributed by atoms with Gasteiger partial charge in [0, 0.05) is 18.8 Å². The van der Waals surface area contributed by atoms with E-state index in [1.54, 1.807) is 0 Å². The highest BCUT2D eigenvalue weighted by molar-refractivity contribution is 5.27. The quantitative estimate of drug-likeness (QED) is 0.755. The van der Waals surface area contributed by atoms with Gasteiger partial charge in [-0.1, -0.05) is 0 Å². The predicted molar refractivity (Wildman–Crippen MR) is 49.1 cm³/mol. The maximum atomic E-state index is 11.9. The highest BCUT2D eigenvalue weighted by Crippen LogP contribution is 2.08. The van der Waals surface area contributed by atoms with Gasteiger partial charge in [0.05, 0.1) is 7.11 Å². The lowest BCUT2D eigenvalue weighted by molar-refractivity contribution is 0.00376. The molecule has 1 aromatic rings. The molecule has 7 heteroatoms. The summed E-state index contributed by atoms with van der Waals surface area (Å²) in [6, 6.07) is 1.52. The van der Waals surface area contributed by atoms with E-state index in [0.717, 1.165) is 0 Å². The van der Waals surface area contributed by atoms with E-state index in [4.69, 9.17) is 9.84 Å². The minimum absolute atomic E-state index is 0.133. The lowest BCUT2D eigenvalue weighted by Crippen LogP contribution is -2.27. The Balaban J connectivity index is 2.50. The summed E-state index contributed by atoms with van der Waals surface area (Å²) < 4.78 is 28.6. The number of halogens is 2. The monoisotopic (exact) mass is 219 g/mol. The normalized spacial score (nSPS) is 12.6. The number of alkyl halides is 2. The summed E-state index contributed by atoms with van der Waals surface area (Å²) in [5, 5.41) is 11.3. The number of aliphatic hydroxyl groups excluding tert-OH is 1. The van der Waals surface area contributed by atoms with Crippen molar-refractivity contribution in [1.29, 1.82) is 0 Å². The van der Waals surface area contributed by atoms with Gasteiger partial charge in [-0.05, 0) is 0 Å². The molecule has 15 heavy (non-hydrogen) atoms. The molecule has 5 nitrogen and oxygen atoms in total. The Hall–Kier alpha value is -1.50. The maximum Gasteiger partial charge on any atom is 0.265 e. The number of hydrogen-bond acceptors (Lipinski definition) is 5. The van der Waals surface area contributed by atoms with E-state index in [9.17, 15) is 8.78 Å². The molecular formula is C8H11F2N3O2. The van der Waals surface area contributed by atoms with Crippen LogP contribution < -0.4 is 10.1 Å². The van der Waals surface area contributed by atoms with Crippen molar-refractivity contribution in [3.8, 4) is 5.88 Å². The molecule has 0 saturated carbocycles. The smallest absolute Gasteiger partial charge is 0.265 e. The first-order valence-corrected chi connectivity index (χ1v) is 4.20. The van der Waals surface area contributed by atoms with Crippen LogP contribution in [-0.4, -0.2) is 41.3 Å². The second-order valence-corrected chi connectivity index (χ2v) is 2.71. The van der Waals surface area contributed by atoms with E-state index in [2.05, 4.69) is 15.3 Å². The number of hydrogen-bond donors (Lipinski definition) is 2. The average molecular weight is 219 g/mol. The molecular weight excluding hydrogens is 208 g/mol. The zero-order valence-corrected chi connectivity index (χ0v) is 8.02. The fourth-order valence-corrected chi connectivity index (χ4v) is 0.826. The Kier molecular flexibility index (Phi) is 4.17. The van der Waals surface area contributed by atoms with Crippen LogP contribution in [0.1, 0.15) is 0 Å². The summed E-state index contributed by atoms with van der Waals surface area (Å²) in [5.74, 6) is 0.452. The zero-order valence-electron chi connectivity index (χ0n) is 8.02. The highest BCUT2D eigenvalue weighted by Gasteiger charge is 2.16. The van der Waals surface area contributed by atoms with E-state index in [-0.39, 0.29) is 12.5 Å². The number of nitrogens with zero attached hydrogens (tertiary/aromatic N) is 2. The Morgan fingerprint density at radius 3 is 2.93 bits per heavy atom. The molecule has 0 spiro atoms. The van der Waals surface area contributed by atoms with Crippen molar-refractivity contribution in [2.24, 2.45) is 0 Å². The fourth-order valence-electron chi connectivity index (χ4n) is 0.826. The third kappa shape index (κ3) is 3.62. The molecule has 0 aliphatic rings. The molecule has 0 amide bonds. The van der Waals surface area contributed by atoms with Gasteiger partial charge in [0.2, 0.25) is 11.8 Å². The van der Waals surface area contributed by atoms with Crippen LogP contribution in [0.5, 0.6) is 5.88 Å². The molecule has 1 heterocycles. The van der Waals surface area contributed by atoms with Gasteiger partial charge in [-0.15, -0.1) is 0 Å². The molecule has 1 aromatic heterocycles. The SMILES string of the molecule is COc1ccnc(NCC(O)C(F)F)n1. The van der Waals surface area contributed by atoms with Crippen LogP contribution >= 0.6 is 0 Å². The minimum atomic E-state index is -2.79. The Bertz CT molecular complexity index is 312. The van der Waals surface area contributed by atoms with Crippen molar-refractivity contribution in [3.05, 3.63) is 12.3 Å². The Labute approximate surface area is 85.1 Å². The Morgan fingerprint density at radius 2 is 2.33 bits per heavy atom. The van der Waals surface area contributed by atoms with Crippen LogP contribution in [0.2, 0.25) is 0 Å². The number of aliphatic hydroxyl groups is 1. The first-order chi connectivity index (χ1) is 7.13. The summed E-state index contributed by atoms with van der Waals surface area (Å²) in [6.07, 6.45) is -3.11. The van der Waals surface area contributed by atoms with Gasteiger partial charge in [-0.3, -0.25) is 0 Å². The number of ether oxygens (including phenoxy) is 1. The lowest BCUT2D eigenvalue weighted by atomic mass is 10.4. The van der Waals surface area contributed by atoms with Crippen LogP contribution in [0.25, 0.3) is 0 Å². The number of rotatable bonds is 5. The van der Waals surface area contributed by atoms with Gasteiger partial charge in [0.15, 0.2) is 0 Å². The summed E-state index contributed by atoms with van der Waals surface area (Å²) in [6.45, 7) is -0.315. The first kappa shape index (κ1) is 11.6. The molecule has 84 valence electrons. The molecule has 1 unspecified atom stereocenters. The average Bonchev–Trinajstić information content (AvgIpc) is 2.26. The van der Waals surface area contributed by atoms with E-state index < -0.39 is 12.5 Å². The number of methoxy groups -OCH3 is 1. The van der Waals surface area contributed by atoms with Gasteiger partial charge in [-0.25, -0.2) is 13.8 Å². The van der Waals surface area contributed by atoms with Crippen LogP contribution in [0.15, 0.2) is 12.3 Å². The fraction of sp³-hybridized carbons (Fsp3) is 0.500. The van der Waals surface area contributed by atoms with Crippen LogP contribution in [0.3, 0.4) is 0 Å². The van der Waals surface area contributed by atoms with Gasteiger partial charge < -0.3 is 15.2 Å². The summed E-state index contributed by atoms with van der Waals surface area (Å²) in [7, 11) is 1.43. The topological polar surface area (TPSA) is 67.3 Å². The molecule has 2 N–H and O–H groups in total. The lowest BCUT2D eigenvalue weighted by Gasteiger charge is -2.10. The van der Waals surface area contributed by atoms with Gasteiger partial charge in [0.25, 0.3) is 6.43 Å².